The Morgan fingerprint density at radius 2 is 1.73 bits per heavy atom. The predicted molar refractivity (Wildman–Crippen MR) is 190 cm³/mol. The molecule has 3 atom stereocenters. The van der Waals surface area contributed by atoms with Crippen molar-refractivity contribution < 1.29 is 19.2 Å². The number of hydrogen-bond acceptors (Lipinski definition) is 5. The van der Waals surface area contributed by atoms with E-state index in [4.69, 9.17) is 28.9 Å². The number of nitrogens with one attached hydrogen (secondary N) is 3. The Balaban J connectivity index is 1.49. The minimum Gasteiger partial charge on any atom is -0.356 e. The molecule has 0 radical (unpaired) electrons. The molecule has 0 saturated carbocycles. The summed E-state index contributed by atoms with van der Waals surface area (Å²) in [5, 5.41) is 9.71. The fraction of sp³-hybridized carbons (Fsp3) is 0.556. The first kappa shape index (κ1) is 37.5. The molecule has 48 heavy (non-hydrogen) atoms. The lowest BCUT2D eigenvalue weighted by Gasteiger charge is -2.43. The highest BCUT2D eigenvalue weighted by Gasteiger charge is 2.44. The van der Waals surface area contributed by atoms with Gasteiger partial charge >= 0.3 is 6.03 Å². The largest absolute Gasteiger partial charge is 0.356 e. The molecule has 2 fully saturated rings. The Labute approximate surface area is 294 Å². The summed E-state index contributed by atoms with van der Waals surface area (Å²) in [4.78, 5) is 57.7. The van der Waals surface area contributed by atoms with Crippen LogP contribution in [0.3, 0.4) is 0 Å². The molecule has 5 N–H and O–H groups in total. The van der Waals surface area contributed by atoms with Crippen molar-refractivity contribution in [3.8, 4) is 0 Å². The molecule has 4 rings (SSSR count). The average Bonchev–Trinajstić information content (AvgIpc) is 3.08. The van der Waals surface area contributed by atoms with E-state index in [1.807, 2.05) is 42.2 Å². The Morgan fingerprint density at radius 3 is 2.46 bits per heavy atom. The van der Waals surface area contributed by atoms with Crippen LogP contribution in [0, 0.1) is 5.41 Å². The molecule has 2 aromatic rings. The molecule has 2 heterocycles. The summed E-state index contributed by atoms with van der Waals surface area (Å²) >= 11 is 12.5. The van der Waals surface area contributed by atoms with Gasteiger partial charge in [0.15, 0.2) is 0 Å². The van der Waals surface area contributed by atoms with Crippen molar-refractivity contribution in [3.63, 3.8) is 0 Å². The van der Waals surface area contributed by atoms with Crippen molar-refractivity contribution >= 4 is 47.0 Å². The van der Waals surface area contributed by atoms with Crippen molar-refractivity contribution in [2.75, 3.05) is 39.3 Å². The number of carbonyl (C=O) groups excluding carboxylic acids is 4. The van der Waals surface area contributed by atoms with Crippen LogP contribution < -0.4 is 21.7 Å². The number of nitrogens with zero attached hydrogens (tertiary/aromatic N) is 2. The molecule has 0 bridgehead atoms. The lowest BCUT2D eigenvalue weighted by Crippen LogP contribution is -2.60. The third-order valence-corrected chi connectivity index (χ3v) is 10.1. The summed E-state index contributed by atoms with van der Waals surface area (Å²) in [5.41, 5.74) is 6.54. The topological polar surface area (TPSA) is 137 Å². The van der Waals surface area contributed by atoms with E-state index in [2.05, 4.69) is 16.0 Å². The highest BCUT2D eigenvalue weighted by atomic mass is 35.5. The number of likely N-dealkylation sites (tertiary alicyclic amines) is 2. The molecular weight excluding hydrogens is 651 g/mol. The van der Waals surface area contributed by atoms with Gasteiger partial charge in [0.05, 0.1) is 15.5 Å². The Morgan fingerprint density at radius 1 is 0.958 bits per heavy atom. The lowest BCUT2D eigenvalue weighted by molar-refractivity contribution is -0.142. The number of unbranched alkanes of at least 4 members (excludes halogenated alkanes) is 2. The molecule has 0 aromatic heterocycles. The van der Waals surface area contributed by atoms with Crippen molar-refractivity contribution in [2.45, 2.75) is 83.2 Å². The molecule has 2 saturated heterocycles. The van der Waals surface area contributed by atoms with Gasteiger partial charge < -0.3 is 31.5 Å². The van der Waals surface area contributed by atoms with Crippen LogP contribution in [0.4, 0.5) is 4.79 Å². The normalized spacial score (nSPS) is 20.1. The van der Waals surface area contributed by atoms with E-state index in [0.29, 0.717) is 68.5 Å². The number of hydrogen-bond donors (Lipinski definition) is 4. The van der Waals surface area contributed by atoms with Gasteiger partial charge in [0, 0.05) is 51.6 Å². The summed E-state index contributed by atoms with van der Waals surface area (Å²) in [6.45, 7) is 4.80. The van der Waals surface area contributed by atoms with Crippen LogP contribution in [0.15, 0.2) is 48.5 Å². The first-order valence-electron chi connectivity index (χ1n) is 17.2. The summed E-state index contributed by atoms with van der Waals surface area (Å²) in [6.07, 6.45) is 6.58. The molecule has 2 aromatic carbocycles. The van der Waals surface area contributed by atoms with E-state index in [-0.39, 0.29) is 36.7 Å². The quantitative estimate of drug-likeness (QED) is 0.212. The van der Waals surface area contributed by atoms with Gasteiger partial charge in [-0.2, -0.15) is 0 Å². The zero-order valence-electron chi connectivity index (χ0n) is 27.9. The van der Waals surface area contributed by atoms with Crippen molar-refractivity contribution in [3.05, 3.63) is 69.7 Å². The van der Waals surface area contributed by atoms with Crippen LogP contribution in [0.25, 0.3) is 0 Å². The standard InChI is InChI=1S/C36H50Cl2N6O4/c1-2-40-34(47)36(23-26-11-5-3-6-12-26)17-10-20-44(25-36)33(46)31(22-27-15-16-29(37)30(38)21-27)42-35(48)41-28-13-9-19-43(24-28)32(45)14-7-4-8-18-39/h3,5-6,11-12,15-16,21,28,31H,2,4,7-10,13-14,17-20,22-25,39H2,1H3,(H,40,47)(H2,41,42,48)/t28-,31?,36+/m1/s1. The molecule has 10 nitrogen and oxygen atoms in total. The molecule has 2 aliphatic heterocycles. The molecule has 12 heteroatoms. The second-order valence-electron chi connectivity index (χ2n) is 13.1. The molecule has 1 unspecified atom stereocenters. The SMILES string of the molecule is CCNC(=O)[C@]1(Cc2ccccc2)CCCN(C(=O)C(Cc2ccc(Cl)c(Cl)c2)NC(=O)N[C@@H]2CCCN(C(=O)CCCCCN)C2)C1. The monoisotopic (exact) mass is 700 g/mol. The van der Waals surface area contributed by atoms with Crippen LogP contribution in [0.5, 0.6) is 0 Å². The van der Waals surface area contributed by atoms with Gasteiger partial charge in [0.2, 0.25) is 17.7 Å². The number of amides is 5. The fourth-order valence-corrected chi connectivity index (χ4v) is 7.17. The Bertz CT molecular complexity index is 1400. The lowest BCUT2D eigenvalue weighted by atomic mass is 9.74. The zero-order chi connectivity index (χ0) is 34.5. The summed E-state index contributed by atoms with van der Waals surface area (Å²) in [6, 6.07) is 13.4. The number of urea groups is 1. The van der Waals surface area contributed by atoms with Crippen LogP contribution in [0.2, 0.25) is 10.0 Å². The fourth-order valence-electron chi connectivity index (χ4n) is 6.85. The second kappa shape index (κ2) is 18.4. The maximum Gasteiger partial charge on any atom is 0.315 e. The van der Waals surface area contributed by atoms with Crippen LogP contribution in [-0.2, 0) is 27.2 Å². The van der Waals surface area contributed by atoms with Gasteiger partial charge in [-0.15, -0.1) is 0 Å². The molecule has 5 amide bonds. The minimum atomic E-state index is -0.923. The minimum absolute atomic E-state index is 0.0751. The van der Waals surface area contributed by atoms with E-state index >= 15 is 0 Å². The number of halogens is 2. The van der Waals surface area contributed by atoms with E-state index < -0.39 is 17.5 Å². The van der Waals surface area contributed by atoms with Crippen molar-refractivity contribution in [1.29, 1.82) is 0 Å². The van der Waals surface area contributed by atoms with Gasteiger partial charge in [-0.1, -0.05) is 66.0 Å². The molecule has 0 spiro atoms. The van der Waals surface area contributed by atoms with E-state index in [1.165, 1.54) is 0 Å². The third-order valence-electron chi connectivity index (χ3n) is 9.32. The van der Waals surface area contributed by atoms with Gasteiger partial charge in [-0.05, 0) is 81.7 Å². The van der Waals surface area contributed by atoms with Gasteiger partial charge in [-0.25, -0.2) is 4.79 Å². The maximum absolute atomic E-state index is 14.3. The van der Waals surface area contributed by atoms with Gasteiger partial charge in [0.1, 0.15) is 6.04 Å². The highest BCUT2D eigenvalue weighted by molar-refractivity contribution is 6.42. The first-order valence-corrected chi connectivity index (χ1v) is 18.0. The highest BCUT2D eigenvalue weighted by Crippen LogP contribution is 2.35. The second-order valence-corrected chi connectivity index (χ2v) is 13.9. The van der Waals surface area contributed by atoms with E-state index in [9.17, 15) is 19.2 Å². The Hall–Kier alpha value is -3.34. The van der Waals surface area contributed by atoms with Gasteiger partial charge in [0.25, 0.3) is 0 Å². The summed E-state index contributed by atoms with van der Waals surface area (Å²) < 4.78 is 0. The zero-order valence-corrected chi connectivity index (χ0v) is 29.5. The number of carbonyl (C=O) groups is 4. The number of rotatable bonds is 14. The smallest absolute Gasteiger partial charge is 0.315 e. The van der Waals surface area contributed by atoms with Crippen LogP contribution in [0.1, 0.15) is 69.4 Å². The average molecular weight is 702 g/mol. The molecular formula is C36H50Cl2N6O4. The summed E-state index contributed by atoms with van der Waals surface area (Å²) in [7, 11) is 0. The van der Waals surface area contributed by atoms with E-state index in [1.54, 1.807) is 23.1 Å². The maximum atomic E-state index is 14.3. The van der Waals surface area contributed by atoms with Crippen molar-refractivity contribution in [2.24, 2.45) is 11.1 Å². The summed E-state index contributed by atoms with van der Waals surface area (Å²) in [5.74, 6) is -0.257. The third kappa shape index (κ3) is 10.6. The number of benzene rings is 2. The predicted octanol–water partition coefficient (Wildman–Crippen LogP) is 4.70. The molecule has 2 aliphatic rings. The van der Waals surface area contributed by atoms with E-state index in [0.717, 1.165) is 43.2 Å². The van der Waals surface area contributed by atoms with Gasteiger partial charge in [-0.3, -0.25) is 14.4 Å². The van der Waals surface area contributed by atoms with Crippen LogP contribution in [-0.4, -0.2) is 84.9 Å². The number of nitrogens with two attached hydrogens (primary N) is 1. The van der Waals surface area contributed by atoms with Crippen molar-refractivity contribution in [1.82, 2.24) is 25.8 Å². The number of piperidine rings is 2. The molecule has 262 valence electrons. The Kier molecular flexibility index (Phi) is 14.4. The first-order chi connectivity index (χ1) is 23.1. The molecule has 0 aliphatic carbocycles. The van der Waals surface area contributed by atoms with Crippen LogP contribution >= 0.6 is 23.2 Å².